The van der Waals surface area contributed by atoms with Crippen LogP contribution in [-0.4, -0.2) is 40.6 Å². The maximum Gasteiger partial charge on any atom is 0.257 e. The zero-order valence-corrected chi connectivity index (χ0v) is 15.3. The molecule has 7 nitrogen and oxygen atoms in total. The molecule has 8 heteroatoms. The summed E-state index contributed by atoms with van der Waals surface area (Å²) in [5, 5.41) is 2.59. The molecule has 0 aliphatic heterocycles. The Kier molecular flexibility index (Phi) is 7.43. The lowest BCUT2D eigenvalue weighted by atomic mass is 10.3. The van der Waals surface area contributed by atoms with Crippen molar-refractivity contribution in [3.05, 3.63) is 54.6 Å². The second-order valence-electron chi connectivity index (χ2n) is 5.25. The van der Waals surface area contributed by atoms with Gasteiger partial charge in [-0.05, 0) is 43.3 Å². The second-order valence-corrected chi connectivity index (χ2v) is 7.02. The number of amides is 1. The van der Waals surface area contributed by atoms with E-state index in [0.29, 0.717) is 18.1 Å². The van der Waals surface area contributed by atoms with Crippen LogP contribution in [-0.2, 0) is 14.8 Å². The van der Waals surface area contributed by atoms with Crippen LogP contribution in [0.3, 0.4) is 0 Å². The first kappa shape index (κ1) is 19.7. The third kappa shape index (κ3) is 6.38. The number of para-hydroxylation sites is 1. The van der Waals surface area contributed by atoms with E-state index in [1.54, 1.807) is 24.3 Å². The van der Waals surface area contributed by atoms with E-state index < -0.39 is 10.0 Å². The second kappa shape index (κ2) is 9.79. The van der Waals surface area contributed by atoms with Crippen molar-refractivity contribution in [1.82, 2.24) is 10.0 Å². The molecule has 0 spiro atoms. The predicted molar refractivity (Wildman–Crippen MR) is 97.7 cm³/mol. The summed E-state index contributed by atoms with van der Waals surface area (Å²) in [6.07, 6.45) is 0. The Balaban J connectivity index is 1.71. The summed E-state index contributed by atoms with van der Waals surface area (Å²) in [6, 6.07) is 15.1. The Morgan fingerprint density at radius 3 is 2.23 bits per heavy atom. The lowest BCUT2D eigenvalue weighted by Crippen LogP contribution is -2.36. The predicted octanol–water partition coefficient (Wildman–Crippen LogP) is 1.56. The number of nitrogens with one attached hydrogen (secondary N) is 2. The fourth-order valence-electron chi connectivity index (χ4n) is 2.07. The molecule has 140 valence electrons. The number of sulfonamides is 1. The number of hydrogen-bond acceptors (Lipinski definition) is 5. The first-order chi connectivity index (χ1) is 12.5. The molecule has 0 bridgehead atoms. The van der Waals surface area contributed by atoms with Gasteiger partial charge in [0.05, 0.1) is 11.5 Å². The van der Waals surface area contributed by atoms with Crippen molar-refractivity contribution in [2.24, 2.45) is 0 Å². The van der Waals surface area contributed by atoms with E-state index in [1.807, 2.05) is 25.1 Å². The lowest BCUT2D eigenvalue weighted by molar-refractivity contribution is -0.123. The molecule has 0 aliphatic carbocycles. The number of carbonyl (C=O) groups excluding carboxylic acids is 1. The van der Waals surface area contributed by atoms with Gasteiger partial charge < -0.3 is 14.8 Å². The quantitative estimate of drug-likeness (QED) is 0.612. The van der Waals surface area contributed by atoms with Crippen LogP contribution in [0.5, 0.6) is 11.5 Å². The zero-order valence-electron chi connectivity index (χ0n) is 14.5. The van der Waals surface area contributed by atoms with E-state index in [1.165, 1.54) is 12.1 Å². The van der Waals surface area contributed by atoms with Crippen molar-refractivity contribution in [3.8, 4) is 11.5 Å². The highest BCUT2D eigenvalue weighted by molar-refractivity contribution is 7.89. The Morgan fingerprint density at radius 2 is 1.58 bits per heavy atom. The van der Waals surface area contributed by atoms with E-state index in [4.69, 9.17) is 9.47 Å². The van der Waals surface area contributed by atoms with Crippen LogP contribution in [0.4, 0.5) is 0 Å². The molecule has 0 heterocycles. The third-order valence-electron chi connectivity index (χ3n) is 3.30. The fourth-order valence-corrected chi connectivity index (χ4v) is 3.10. The summed E-state index contributed by atoms with van der Waals surface area (Å²) in [5.74, 6) is 0.880. The Labute approximate surface area is 153 Å². The normalized spacial score (nSPS) is 11.0. The first-order valence-electron chi connectivity index (χ1n) is 8.18. The molecule has 2 N–H and O–H groups in total. The van der Waals surface area contributed by atoms with Crippen molar-refractivity contribution >= 4 is 15.9 Å². The zero-order chi connectivity index (χ0) is 18.8. The van der Waals surface area contributed by atoms with Gasteiger partial charge in [-0.1, -0.05) is 18.2 Å². The minimum absolute atomic E-state index is 0.0760. The minimum Gasteiger partial charge on any atom is -0.494 e. The summed E-state index contributed by atoms with van der Waals surface area (Å²) in [6.45, 7) is 2.47. The van der Waals surface area contributed by atoms with E-state index in [9.17, 15) is 13.2 Å². The molecule has 0 aliphatic rings. The Hall–Kier alpha value is -2.58. The fraction of sp³-hybridized carbons (Fsp3) is 0.278. The molecule has 2 aromatic rings. The maximum atomic E-state index is 12.2. The van der Waals surface area contributed by atoms with Gasteiger partial charge in [-0.25, -0.2) is 13.1 Å². The molecule has 0 fully saturated rings. The lowest BCUT2D eigenvalue weighted by Gasteiger charge is -2.09. The average molecular weight is 378 g/mol. The molecule has 0 saturated heterocycles. The molecule has 0 unspecified atom stereocenters. The van der Waals surface area contributed by atoms with Crippen molar-refractivity contribution in [1.29, 1.82) is 0 Å². The maximum absolute atomic E-state index is 12.2. The van der Waals surface area contributed by atoms with Gasteiger partial charge in [0.15, 0.2) is 6.61 Å². The van der Waals surface area contributed by atoms with Crippen molar-refractivity contribution in [2.75, 3.05) is 26.3 Å². The van der Waals surface area contributed by atoms with Crippen molar-refractivity contribution in [2.45, 2.75) is 11.8 Å². The van der Waals surface area contributed by atoms with Gasteiger partial charge in [-0.2, -0.15) is 0 Å². The summed E-state index contributed by atoms with van der Waals surface area (Å²) in [4.78, 5) is 11.8. The highest BCUT2D eigenvalue weighted by Gasteiger charge is 2.13. The Bertz CT molecular complexity index is 792. The monoisotopic (exact) mass is 378 g/mol. The smallest absolute Gasteiger partial charge is 0.257 e. The van der Waals surface area contributed by atoms with Gasteiger partial charge in [-0.15, -0.1) is 0 Å². The molecular weight excluding hydrogens is 356 g/mol. The largest absolute Gasteiger partial charge is 0.494 e. The van der Waals surface area contributed by atoms with Gasteiger partial charge in [0.1, 0.15) is 11.5 Å². The number of rotatable bonds is 10. The van der Waals surface area contributed by atoms with E-state index in [-0.39, 0.29) is 30.5 Å². The highest BCUT2D eigenvalue weighted by atomic mass is 32.2. The van der Waals surface area contributed by atoms with Crippen molar-refractivity contribution in [3.63, 3.8) is 0 Å². The van der Waals surface area contributed by atoms with Crippen LogP contribution < -0.4 is 19.5 Å². The molecule has 0 atom stereocenters. The SMILES string of the molecule is CCOc1ccc(S(=O)(=O)NCCNC(=O)COc2ccccc2)cc1. The standard InChI is InChI=1S/C18H22N2O5S/c1-2-24-16-8-10-17(11-9-16)26(22,23)20-13-12-19-18(21)14-25-15-6-4-3-5-7-15/h3-11,20H,2,12-14H2,1H3,(H,19,21). The van der Waals surface area contributed by atoms with Crippen LogP contribution in [0.25, 0.3) is 0 Å². The minimum atomic E-state index is -3.63. The van der Waals surface area contributed by atoms with Gasteiger partial charge in [0.25, 0.3) is 5.91 Å². The Morgan fingerprint density at radius 1 is 0.923 bits per heavy atom. The molecule has 0 aromatic heterocycles. The molecular formula is C18H22N2O5S. The highest BCUT2D eigenvalue weighted by Crippen LogP contribution is 2.15. The van der Waals surface area contributed by atoms with Gasteiger partial charge in [0, 0.05) is 13.1 Å². The summed E-state index contributed by atoms with van der Waals surface area (Å²) >= 11 is 0. The van der Waals surface area contributed by atoms with Crippen LogP contribution in [0, 0.1) is 0 Å². The van der Waals surface area contributed by atoms with Crippen LogP contribution in [0.15, 0.2) is 59.5 Å². The van der Waals surface area contributed by atoms with E-state index >= 15 is 0 Å². The summed E-state index contributed by atoms with van der Waals surface area (Å²) in [5.41, 5.74) is 0. The topological polar surface area (TPSA) is 93.7 Å². The van der Waals surface area contributed by atoms with Gasteiger partial charge >= 0.3 is 0 Å². The summed E-state index contributed by atoms with van der Waals surface area (Å²) < 4.78 is 37.3. The molecule has 26 heavy (non-hydrogen) atoms. The third-order valence-corrected chi connectivity index (χ3v) is 4.77. The molecule has 0 radical (unpaired) electrons. The van der Waals surface area contributed by atoms with Crippen molar-refractivity contribution < 1.29 is 22.7 Å². The molecule has 2 aromatic carbocycles. The molecule has 0 saturated carbocycles. The number of hydrogen-bond donors (Lipinski definition) is 2. The number of ether oxygens (including phenoxy) is 2. The van der Waals surface area contributed by atoms with E-state index in [0.717, 1.165) is 0 Å². The first-order valence-corrected chi connectivity index (χ1v) is 9.66. The van der Waals surface area contributed by atoms with Crippen LogP contribution in [0.1, 0.15) is 6.92 Å². The molecule has 2 rings (SSSR count). The van der Waals surface area contributed by atoms with Gasteiger partial charge in [-0.3, -0.25) is 4.79 Å². The summed E-state index contributed by atoms with van der Waals surface area (Å²) in [7, 11) is -3.63. The van der Waals surface area contributed by atoms with Gasteiger partial charge in [0.2, 0.25) is 10.0 Å². The van der Waals surface area contributed by atoms with Crippen LogP contribution >= 0.6 is 0 Å². The number of benzene rings is 2. The van der Waals surface area contributed by atoms with Crippen LogP contribution in [0.2, 0.25) is 0 Å². The van der Waals surface area contributed by atoms with E-state index in [2.05, 4.69) is 10.0 Å². The molecule has 1 amide bonds. The number of carbonyl (C=O) groups is 1. The average Bonchev–Trinajstić information content (AvgIpc) is 2.65.